The molecule has 0 aromatic heterocycles. The second-order valence-electron chi connectivity index (χ2n) is 4.96. The number of hydrogen-bond acceptors (Lipinski definition) is 3. The van der Waals surface area contributed by atoms with Crippen molar-refractivity contribution < 1.29 is 4.79 Å². The minimum Gasteiger partial charge on any atom is -0.355 e. The second-order valence-corrected chi connectivity index (χ2v) is 4.96. The number of amides is 1. The van der Waals surface area contributed by atoms with Gasteiger partial charge in [0.1, 0.15) is 0 Å². The summed E-state index contributed by atoms with van der Waals surface area (Å²) in [5.41, 5.74) is 1.26. The van der Waals surface area contributed by atoms with E-state index in [1.165, 1.54) is 5.56 Å². The van der Waals surface area contributed by atoms with E-state index < -0.39 is 0 Å². The van der Waals surface area contributed by atoms with Gasteiger partial charge in [0.05, 0.1) is 6.54 Å². The fourth-order valence-electron chi connectivity index (χ4n) is 2.26. The van der Waals surface area contributed by atoms with E-state index in [9.17, 15) is 4.79 Å². The van der Waals surface area contributed by atoms with Gasteiger partial charge in [0.15, 0.2) is 0 Å². The molecule has 1 heterocycles. The second kappa shape index (κ2) is 7.26. The molecule has 19 heavy (non-hydrogen) atoms. The summed E-state index contributed by atoms with van der Waals surface area (Å²) in [6.45, 7) is 6.27. The van der Waals surface area contributed by atoms with Crippen LogP contribution in [-0.2, 0) is 11.2 Å². The van der Waals surface area contributed by atoms with Crippen molar-refractivity contribution in [1.82, 2.24) is 15.5 Å². The van der Waals surface area contributed by atoms with Gasteiger partial charge in [0.2, 0.25) is 5.91 Å². The summed E-state index contributed by atoms with van der Waals surface area (Å²) in [5.74, 6) is 0.129. The van der Waals surface area contributed by atoms with Crippen LogP contribution in [0.3, 0.4) is 0 Å². The van der Waals surface area contributed by atoms with Crippen LogP contribution in [0.15, 0.2) is 30.3 Å². The monoisotopic (exact) mass is 261 g/mol. The van der Waals surface area contributed by atoms with E-state index >= 15 is 0 Å². The van der Waals surface area contributed by atoms with E-state index in [1.54, 1.807) is 0 Å². The van der Waals surface area contributed by atoms with Crippen LogP contribution in [0, 0.1) is 0 Å². The van der Waals surface area contributed by atoms with E-state index in [0.29, 0.717) is 19.1 Å². The molecule has 0 spiro atoms. The Labute approximate surface area is 115 Å². The lowest BCUT2D eigenvalue weighted by molar-refractivity contribution is -0.123. The Hall–Kier alpha value is -1.39. The summed E-state index contributed by atoms with van der Waals surface area (Å²) in [6, 6.07) is 10.8. The van der Waals surface area contributed by atoms with Gasteiger partial charge in [-0.1, -0.05) is 37.3 Å². The van der Waals surface area contributed by atoms with Gasteiger partial charge >= 0.3 is 0 Å². The fourth-order valence-corrected chi connectivity index (χ4v) is 2.26. The predicted octanol–water partition coefficient (Wildman–Crippen LogP) is 0.639. The van der Waals surface area contributed by atoms with Gasteiger partial charge in [0.25, 0.3) is 0 Å². The molecular formula is C15H23N3O. The Morgan fingerprint density at radius 2 is 2.11 bits per heavy atom. The fraction of sp³-hybridized carbons (Fsp3) is 0.533. The van der Waals surface area contributed by atoms with Gasteiger partial charge in [-0.05, 0) is 18.5 Å². The molecule has 1 aromatic carbocycles. The number of rotatable bonds is 7. The average Bonchev–Trinajstić information content (AvgIpc) is 2.37. The molecule has 1 aliphatic heterocycles. The van der Waals surface area contributed by atoms with Gasteiger partial charge in [-0.3, -0.25) is 9.69 Å². The van der Waals surface area contributed by atoms with Crippen LogP contribution in [0.1, 0.15) is 12.5 Å². The maximum Gasteiger partial charge on any atom is 0.234 e. The third-order valence-corrected chi connectivity index (χ3v) is 3.61. The zero-order chi connectivity index (χ0) is 13.5. The summed E-state index contributed by atoms with van der Waals surface area (Å²) in [7, 11) is 0. The van der Waals surface area contributed by atoms with Crippen molar-refractivity contribution in [2.24, 2.45) is 0 Å². The molecule has 0 bridgehead atoms. The highest BCUT2D eigenvalue weighted by atomic mass is 16.2. The molecule has 0 atom stereocenters. The van der Waals surface area contributed by atoms with Crippen molar-refractivity contribution in [3.05, 3.63) is 35.9 Å². The van der Waals surface area contributed by atoms with Gasteiger partial charge in [-0.25, -0.2) is 0 Å². The van der Waals surface area contributed by atoms with Gasteiger partial charge in [-0.15, -0.1) is 0 Å². The Kier molecular flexibility index (Phi) is 5.36. The van der Waals surface area contributed by atoms with Gasteiger partial charge < -0.3 is 10.6 Å². The molecule has 4 heteroatoms. The van der Waals surface area contributed by atoms with Crippen LogP contribution < -0.4 is 10.6 Å². The maximum atomic E-state index is 11.9. The van der Waals surface area contributed by atoms with Crippen molar-refractivity contribution in [1.29, 1.82) is 0 Å². The lowest BCUT2D eigenvalue weighted by atomic mass is 10.1. The summed E-state index contributed by atoms with van der Waals surface area (Å²) in [5, 5.41) is 6.24. The normalized spacial score (nSPS) is 15.3. The molecule has 0 radical (unpaired) electrons. The third kappa shape index (κ3) is 4.33. The number of nitrogens with zero attached hydrogens (tertiary/aromatic N) is 1. The SMILES string of the molecule is CCN(CC(=O)NCCc1ccccc1)C1CNC1. The van der Waals surface area contributed by atoms with Crippen LogP contribution in [-0.4, -0.2) is 49.6 Å². The molecule has 1 aliphatic rings. The quantitative estimate of drug-likeness (QED) is 0.757. The van der Waals surface area contributed by atoms with E-state index in [2.05, 4.69) is 34.6 Å². The molecule has 1 aromatic rings. The minimum absolute atomic E-state index is 0.129. The van der Waals surface area contributed by atoms with Crippen molar-refractivity contribution in [2.75, 3.05) is 32.7 Å². The lowest BCUT2D eigenvalue weighted by Gasteiger charge is -2.37. The third-order valence-electron chi connectivity index (χ3n) is 3.61. The van der Waals surface area contributed by atoms with Crippen molar-refractivity contribution >= 4 is 5.91 Å². The van der Waals surface area contributed by atoms with Crippen LogP contribution >= 0.6 is 0 Å². The molecule has 2 rings (SSSR count). The Morgan fingerprint density at radius 1 is 1.37 bits per heavy atom. The number of nitrogens with one attached hydrogen (secondary N) is 2. The summed E-state index contributed by atoms with van der Waals surface area (Å²) >= 11 is 0. The van der Waals surface area contributed by atoms with Crippen LogP contribution in [0.4, 0.5) is 0 Å². The van der Waals surface area contributed by atoms with Crippen molar-refractivity contribution in [3.63, 3.8) is 0 Å². The van der Waals surface area contributed by atoms with Crippen molar-refractivity contribution in [3.8, 4) is 0 Å². The number of carbonyl (C=O) groups is 1. The van der Waals surface area contributed by atoms with Crippen molar-refractivity contribution in [2.45, 2.75) is 19.4 Å². The highest BCUT2D eigenvalue weighted by Crippen LogP contribution is 2.03. The number of likely N-dealkylation sites (N-methyl/N-ethyl adjacent to an activating group) is 1. The molecule has 0 unspecified atom stereocenters. The molecule has 1 saturated heterocycles. The number of carbonyl (C=O) groups excluding carboxylic acids is 1. The molecule has 0 saturated carbocycles. The van der Waals surface area contributed by atoms with Crippen LogP contribution in [0.5, 0.6) is 0 Å². The molecule has 1 amide bonds. The molecular weight excluding hydrogens is 238 g/mol. The van der Waals surface area contributed by atoms with Crippen LogP contribution in [0.2, 0.25) is 0 Å². The smallest absolute Gasteiger partial charge is 0.234 e. The van der Waals surface area contributed by atoms with Gasteiger partial charge in [0, 0.05) is 25.7 Å². The first kappa shape index (κ1) is 14.0. The number of benzene rings is 1. The van der Waals surface area contributed by atoms with E-state index in [4.69, 9.17) is 0 Å². The van der Waals surface area contributed by atoms with Gasteiger partial charge in [-0.2, -0.15) is 0 Å². The summed E-state index contributed by atoms with van der Waals surface area (Å²) in [6.07, 6.45) is 0.893. The maximum absolute atomic E-state index is 11.9. The topological polar surface area (TPSA) is 44.4 Å². The molecule has 4 nitrogen and oxygen atoms in total. The Bertz CT molecular complexity index is 390. The predicted molar refractivity (Wildman–Crippen MR) is 77.1 cm³/mol. The Morgan fingerprint density at radius 3 is 2.68 bits per heavy atom. The first-order valence-electron chi connectivity index (χ1n) is 7.05. The zero-order valence-electron chi connectivity index (χ0n) is 11.6. The Balaban J connectivity index is 1.66. The van der Waals surface area contributed by atoms with E-state index in [1.807, 2.05) is 18.2 Å². The lowest BCUT2D eigenvalue weighted by Crippen LogP contribution is -2.58. The van der Waals surface area contributed by atoms with E-state index in [0.717, 1.165) is 26.1 Å². The minimum atomic E-state index is 0.129. The largest absolute Gasteiger partial charge is 0.355 e. The molecule has 2 N–H and O–H groups in total. The highest BCUT2D eigenvalue weighted by molar-refractivity contribution is 5.78. The van der Waals surface area contributed by atoms with Crippen LogP contribution in [0.25, 0.3) is 0 Å². The number of hydrogen-bond donors (Lipinski definition) is 2. The first-order valence-corrected chi connectivity index (χ1v) is 7.05. The summed E-state index contributed by atoms with van der Waals surface area (Å²) in [4.78, 5) is 14.1. The molecule has 0 aliphatic carbocycles. The highest BCUT2D eigenvalue weighted by Gasteiger charge is 2.24. The summed E-state index contributed by atoms with van der Waals surface area (Å²) < 4.78 is 0. The van der Waals surface area contributed by atoms with E-state index in [-0.39, 0.29) is 5.91 Å². The first-order chi connectivity index (χ1) is 9.29. The molecule has 1 fully saturated rings. The average molecular weight is 261 g/mol. The zero-order valence-corrected chi connectivity index (χ0v) is 11.6. The standard InChI is InChI=1S/C15H23N3O/c1-2-18(14-10-16-11-14)12-15(19)17-9-8-13-6-4-3-5-7-13/h3-7,14,16H,2,8-12H2,1H3,(H,17,19). The molecule has 104 valence electrons.